The first kappa shape index (κ1) is 26.7. The third-order valence-electron chi connectivity index (χ3n) is 4.75. The Balaban J connectivity index is 0.000000861. The lowest BCUT2D eigenvalue weighted by Gasteiger charge is -2.19. The highest BCUT2D eigenvalue weighted by Crippen LogP contribution is 2.27. The molecule has 0 spiro atoms. The molecule has 31 heavy (non-hydrogen) atoms. The maximum atomic E-state index is 9.75. The molecule has 1 heterocycles. The van der Waals surface area contributed by atoms with Gasteiger partial charge in [-0.25, -0.2) is 0 Å². The minimum absolute atomic E-state index is 0.586. The summed E-state index contributed by atoms with van der Waals surface area (Å²) in [6.45, 7) is 14.5. The van der Waals surface area contributed by atoms with Gasteiger partial charge >= 0.3 is 7.25 Å². The second-order valence-corrected chi connectivity index (χ2v) is 7.06. The van der Waals surface area contributed by atoms with Crippen LogP contribution in [0.15, 0.2) is 42.6 Å². The van der Waals surface area contributed by atoms with Crippen LogP contribution in [-0.4, -0.2) is 38.3 Å². The van der Waals surface area contributed by atoms with Gasteiger partial charge in [0, 0.05) is 32.5 Å². The molecule has 0 amide bonds. The van der Waals surface area contributed by atoms with Crippen molar-refractivity contribution >= 4 is 12.9 Å². The van der Waals surface area contributed by atoms with E-state index in [9.17, 15) is 17.3 Å². The van der Waals surface area contributed by atoms with E-state index in [1.807, 2.05) is 6.07 Å². The summed E-state index contributed by atoms with van der Waals surface area (Å²) < 4.78 is 47.5. The first-order valence-electron chi connectivity index (χ1n) is 10.7. The fraction of sp³-hybridized carbons (Fsp3) is 0.500. The van der Waals surface area contributed by atoms with Crippen molar-refractivity contribution in [3.05, 3.63) is 53.9 Å². The predicted octanol–water partition coefficient (Wildman–Crippen LogP) is 5.33. The average Bonchev–Trinajstić information content (AvgIpc) is 2.72. The Kier molecular flexibility index (Phi) is 12.0. The molecule has 174 valence electrons. The molecule has 2 aromatic rings. The highest BCUT2D eigenvalue weighted by atomic mass is 19.5. The van der Waals surface area contributed by atoms with Crippen LogP contribution in [0.1, 0.15) is 38.4 Å². The molecule has 0 saturated heterocycles. The van der Waals surface area contributed by atoms with Gasteiger partial charge in [-0.2, -0.15) is 4.57 Å². The molecular weight excluding hydrogens is 409 g/mol. The van der Waals surface area contributed by atoms with Crippen LogP contribution < -0.4 is 14.6 Å². The van der Waals surface area contributed by atoms with Crippen molar-refractivity contribution < 1.29 is 26.6 Å². The van der Waals surface area contributed by atoms with Crippen molar-refractivity contribution in [2.24, 2.45) is 0 Å². The number of nitrogens with one attached hydrogen (secondary N) is 1. The Morgan fingerprint density at radius 1 is 1.00 bits per heavy atom. The van der Waals surface area contributed by atoms with E-state index >= 15 is 0 Å². The fourth-order valence-corrected chi connectivity index (χ4v) is 3.10. The summed E-state index contributed by atoms with van der Waals surface area (Å²) in [6, 6.07) is 12.5. The van der Waals surface area contributed by atoms with Crippen LogP contribution in [0.4, 0.5) is 23.0 Å². The van der Waals surface area contributed by atoms with Gasteiger partial charge in [0.15, 0.2) is 6.20 Å². The van der Waals surface area contributed by atoms with Gasteiger partial charge < -0.3 is 32.2 Å². The molecule has 0 atom stereocenters. The van der Waals surface area contributed by atoms with Gasteiger partial charge in [0.1, 0.15) is 13.2 Å². The molecule has 0 aliphatic heterocycles. The number of aryl methyl sites for hydroxylation is 1. The minimum Gasteiger partial charge on any atom is -0.481 e. The van der Waals surface area contributed by atoms with Gasteiger partial charge in [-0.1, -0.05) is 51.1 Å². The standard InChI is InChI=1S/C22H33N3O.BF4/c1-5-15-25-16-13-21(23-14-17-24(6-2)7-3)22(19(25)4)26-18-20-11-9-8-10-12-20;2-1(3,4)5/h8-13,16H,5-7,14-15,17-18H2,1-4H3;/q;-1/p+1. The van der Waals surface area contributed by atoms with Crippen LogP contribution in [0.5, 0.6) is 5.75 Å². The Hall–Kier alpha value is -2.29. The number of halogens is 4. The molecule has 0 radical (unpaired) electrons. The smallest absolute Gasteiger partial charge is 0.481 e. The van der Waals surface area contributed by atoms with E-state index in [0.717, 1.165) is 50.6 Å². The fourth-order valence-electron chi connectivity index (χ4n) is 3.10. The van der Waals surface area contributed by atoms with Crippen LogP contribution >= 0.6 is 0 Å². The molecule has 0 aliphatic rings. The van der Waals surface area contributed by atoms with Crippen molar-refractivity contribution in [2.45, 2.75) is 47.3 Å². The van der Waals surface area contributed by atoms with Crippen LogP contribution in [0.3, 0.4) is 0 Å². The van der Waals surface area contributed by atoms with Crippen molar-refractivity contribution in [3.63, 3.8) is 0 Å². The molecular formula is C22H34BF4N3O. The number of hydrogen-bond acceptors (Lipinski definition) is 3. The van der Waals surface area contributed by atoms with Gasteiger partial charge in [0.2, 0.25) is 11.4 Å². The van der Waals surface area contributed by atoms with E-state index in [4.69, 9.17) is 4.74 Å². The van der Waals surface area contributed by atoms with Crippen molar-refractivity contribution in [3.8, 4) is 5.75 Å². The lowest BCUT2D eigenvalue weighted by molar-refractivity contribution is -0.703. The monoisotopic (exact) mass is 443 g/mol. The number of benzene rings is 1. The van der Waals surface area contributed by atoms with Gasteiger partial charge in [-0.3, -0.25) is 0 Å². The Bertz CT molecular complexity index is 750. The molecule has 1 aromatic heterocycles. The van der Waals surface area contributed by atoms with E-state index in [0.29, 0.717) is 6.61 Å². The molecule has 0 unspecified atom stereocenters. The van der Waals surface area contributed by atoms with E-state index in [-0.39, 0.29) is 0 Å². The lowest BCUT2D eigenvalue weighted by Crippen LogP contribution is -2.37. The van der Waals surface area contributed by atoms with Crippen LogP contribution in [-0.2, 0) is 13.2 Å². The van der Waals surface area contributed by atoms with Crippen LogP contribution in [0.25, 0.3) is 0 Å². The molecule has 2 rings (SSSR count). The lowest BCUT2D eigenvalue weighted by atomic mass is 10.2. The van der Waals surface area contributed by atoms with E-state index in [1.165, 1.54) is 11.3 Å². The number of likely N-dealkylation sites (N-methyl/N-ethyl adjacent to an activating group) is 1. The van der Waals surface area contributed by atoms with Crippen molar-refractivity contribution in [1.82, 2.24) is 4.90 Å². The first-order chi connectivity index (χ1) is 14.7. The summed E-state index contributed by atoms with van der Waals surface area (Å²) in [5.41, 5.74) is 3.44. The topological polar surface area (TPSA) is 28.4 Å². The summed E-state index contributed by atoms with van der Waals surface area (Å²) in [5.74, 6) is 0.962. The molecule has 1 N–H and O–H groups in total. The summed E-state index contributed by atoms with van der Waals surface area (Å²) in [7, 11) is -6.00. The second-order valence-electron chi connectivity index (χ2n) is 7.06. The van der Waals surface area contributed by atoms with E-state index in [2.05, 4.69) is 79.0 Å². The third-order valence-corrected chi connectivity index (χ3v) is 4.75. The molecule has 4 nitrogen and oxygen atoms in total. The Labute approximate surface area is 183 Å². The number of aromatic nitrogens is 1. The molecule has 0 fully saturated rings. The molecule has 9 heteroatoms. The maximum absolute atomic E-state index is 9.75. The third kappa shape index (κ3) is 11.1. The van der Waals surface area contributed by atoms with Crippen LogP contribution in [0.2, 0.25) is 0 Å². The number of nitrogens with zero attached hydrogens (tertiary/aromatic N) is 2. The van der Waals surface area contributed by atoms with Crippen molar-refractivity contribution in [1.29, 1.82) is 0 Å². The van der Waals surface area contributed by atoms with Crippen LogP contribution in [0, 0.1) is 6.92 Å². The average molecular weight is 443 g/mol. The molecule has 0 saturated carbocycles. The predicted molar refractivity (Wildman–Crippen MR) is 119 cm³/mol. The summed E-state index contributed by atoms with van der Waals surface area (Å²) >= 11 is 0. The Morgan fingerprint density at radius 2 is 1.61 bits per heavy atom. The minimum atomic E-state index is -6.00. The molecule has 0 aliphatic carbocycles. The number of pyridine rings is 1. The van der Waals surface area contributed by atoms with Gasteiger partial charge in [-0.15, -0.1) is 0 Å². The number of anilines is 1. The normalized spacial score (nSPS) is 11.1. The second kappa shape index (κ2) is 13.9. The highest BCUT2D eigenvalue weighted by molar-refractivity contribution is 6.50. The summed E-state index contributed by atoms with van der Waals surface area (Å²) in [6.07, 6.45) is 3.27. The number of hydrogen-bond donors (Lipinski definition) is 1. The Morgan fingerprint density at radius 3 is 2.16 bits per heavy atom. The highest BCUT2D eigenvalue weighted by Gasteiger charge is 2.20. The largest absolute Gasteiger partial charge is 0.673 e. The zero-order chi connectivity index (χ0) is 23.3. The van der Waals surface area contributed by atoms with Gasteiger partial charge in [0.25, 0.3) is 0 Å². The van der Waals surface area contributed by atoms with Gasteiger partial charge in [0.05, 0.1) is 5.69 Å². The quantitative estimate of drug-likeness (QED) is 0.289. The zero-order valence-electron chi connectivity index (χ0n) is 18.9. The summed E-state index contributed by atoms with van der Waals surface area (Å²) in [4.78, 5) is 2.42. The number of ether oxygens (including phenoxy) is 1. The van der Waals surface area contributed by atoms with Crippen molar-refractivity contribution in [2.75, 3.05) is 31.5 Å². The molecule has 0 bridgehead atoms. The molecule has 1 aromatic carbocycles. The summed E-state index contributed by atoms with van der Waals surface area (Å²) in [5, 5.41) is 3.58. The van der Waals surface area contributed by atoms with E-state index < -0.39 is 7.25 Å². The SMILES string of the molecule is CCC[n+]1ccc(NCCN(CC)CC)c(OCc2ccccc2)c1C.F[B-](F)(F)F. The maximum Gasteiger partial charge on any atom is 0.673 e. The zero-order valence-corrected chi connectivity index (χ0v) is 18.9. The van der Waals surface area contributed by atoms with E-state index in [1.54, 1.807) is 0 Å². The van der Waals surface area contributed by atoms with Gasteiger partial charge in [-0.05, 0) is 18.7 Å². The number of rotatable bonds is 11. The first-order valence-corrected chi connectivity index (χ1v) is 10.7.